The van der Waals surface area contributed by atoms with E-state index in [1.54, 1.807) is 12.2 Å². The minimum atomic E-state index is 0.161. The van der Waals surface area contributed by atoms with Gasteiger partial charge >= 0.3 is 0 Å². The van der Waals surface area contributed by atoms with Crippen LogP contribution in [0.25, 0.3) is 10.8 Å². The highest BCUT2D eigenvalue weighted by Gasteiger charge is 2.21. The van der Waals surface area contributed by atoms with Crippen LogP contribution in [0.1, 0.15) is 29.9 Å². The Labute approximate surface area is 156 Å². The third-order valence-electron chi connectivity index (χ3n) is 3.77. The van der Waals surface area contributed by atoms with E-state index in [0.717, 1.165) is 18.6 Å². The van der Waals surface area contributed by atoms with E-state index in [4.69, 9.17) is 0 Å². The molecule has 2 aromatic rings. The van der Waals surface area contributed by atoms with Crippen molar-refractivity contribution in [2.45, 2.75) is 24.3 Å². The molecule has 0 aliphatic carbocycles. The van der Waals surface area contributed by atoms with Crippen LogP contribution in [0.3, 0.4) is 0 Å². The number of allylic oxidation sites excluding steroid dienone is 2. The summed E-state index contributed by atoms with van der Waals surface area (Å²) in [4.78, 5) is 12.9. The normalized spacial score (nSPS) is 17.5. The van der Waals surface area contributed by atoms with E-state index in [9.17, 15) is 4.79 Å². The van der Waals surface area contributed by atoms with Gasteiger partial charge in [-0.15, -0.1) is 23.5 Å². The van der Waals surface area contributed by atoms with Gasteiger partial charge in [0.25, 0.3) is 0 Å². The van der Waals surface area contributed by atoms with Crippen molar-refractivity contribution in [1.29, 1.82) is 0 Å². The summed E-state index contributed by atoms with van der Waals surface area (Å²) >= 11 is 5.28. The smallest absolute Gasteiger partial charge is 0.211 e. The van der Waals surface area contributed by atoms with Gasteiger partial charge in [-0.2, -0.15) is 0 Å². The van der Waals surface area contributed by atoms with E-state index < -0.39 is 0 Å². The molecule has 1 heterocycles. The summed E-state index contributed by atoms with van der Waals surface area (Å²) in [6.45, 7) is 1.88. The standard InChI is InChI=1S/C20H20OS3/c1-2-7-19(21)22-13-6-10-16-14-23-20(24-16)18-12-5-9-15-8-3-4-11-17(15)18/h2-5,7-9,11-12,14,20H,6,10,13H2,1H3. The quantitative estimate of drug-likeness (QED) is 0.410. The van der Waals surface area contributed by atoms with Gasteiger partial charge in [-0.3, -0.25) is 4.79 Å². The van der Waals surface area contributed by atoms with Gasteiger partial charge in [0.05, 0.1) is 4.58 Å². The lowest BCUT2D eigenvalue weighted by atomic mass is 10.1. The van der Waals surface area contributed by atoms with Crippen molar-refractivity contribution in [3.05, 3.63) is 70.5 Å². The molecule has 0 spiro atoms. The molecule has 0 radical (unpaired) electrons. The lowest BCUT2D eigenvalue weighted by Gasteiger charge is -2.13. The zero-order valence-corrected chi connectivity index (χ0v) is 16.1. The van der Waals surface area contributed by atoms with Crippen molar-refractivity contribution in [2.24, 2.45) is 0 Å². The number of benzene rings is 2. The summed E-state index contributed by atoms with van der Waals surface area (Å²) in [7, 11) is 0. The zero-order valence-electron chi connectivity index (χ0n) is 13.6. The largest absolute Gasteiger partial charge is 0.282 e. The van der Waals surface area contributed by atoms with Crippen LogP contribution in [0.15, 0.2) is 64.9 Å². The highest BCUT2D eigenvalue weighted by Crippen LogP contribution is 2.53. The minimum absolute atomic E-state index is 0.161. The first-order chi connectivity index (χ1) is 11.8. The van der Waals surface area contributed by atoms with Crippen LogP contribution >= 0.6 is 35.3 Å². The number of hydrogen-bond donors (Lipinski definition) is 0. The number of carbonyl (C=O) groups excluding carboxylic acids is 1. The first-order valence-electron chi connectivity index (χ1n) is 8.06. The summed E-state index contributed by atoms with van der Waals surface area (Å²) < 4.78 is 0.448. The minimum Gasteiger partial charge on any atom is -0.282 e. The molecule has 1 aliphatic heterocycles. The zero-order chi connectivity index (χ0) is 16.8. The molecule has 0 amide bonds. The Bertz CT molecular complexity index is 774. The maximum Gasteiger partial charge on any atom is 0.211 e. The van der Waals surface area contributed by atoms with E-state index >= 15 is 0 Å². The fraction of sp³-hybridized carbons (Fsp3) is 0.250. The second kappa shape index (κ2) is 8.84. The third kappa shape index (κ3) is 4.50. The van der Waals surface area contributed by atoms with Gasteiger partial charge in [-0.25, -0.2) is 0 Å². The second-order valence-electron chi connectivity index (χ2n) is 5.51. The van der Waals surface area contributed by atoms with E-state index in [1.807, 2.05) is 30.4 Å². The summed E-state index contributed by atoms with van der Waals surface area (Å²) in [5.74, 6) is 0.894. The van der Waals surface area contributed by atoms with Crippen LogP contribution in [-0.4, -0.2) is 10.9 Å². The van der Waals surface area contributed by atoms with Gasteiger partial charge in [-0.05, 0) is 52.5 Å². The summed E-state index contributed by atoms with van der Waals surface area (Å²) in [5.41, 5.74) is 1.41. The molecule has 1 atom stereocenters. The Kier molecular flexibility index (Phi) is 6.52. The molecule has 124 valence electrons. The highest BCUT2D eigenvalue weighted by molar-refractivity contribution is 8.22. The molecule has 1 unspecified atom stereocenters. The predicted octanol–water partition coefficient (Wildman–Crippen LogP) is 6.78. The number of thioether (sulfide) groups is 3. The van der Waals surface area contributed by atoms with Crippen LogP contribution in [0.5, 0.6) is 0 Å². The van der Waals surface area contributed by atoms with Crippen molar-refractivity contribution in [3.8, 4) is 0 Å². The molecular formula is C20H20OS3. The van der Waals surface area contributed by atoms with E-state index in [-0.39, 0.29) is 5.12 Å². The fourth-order valence-electron chi connectivity index (χ4n) is 2.64. The van der Waals surface area contributed by atoms with E-state index in [2.05, 4.69) is 47.9 Å². The Balaban J connectivity index is 1.54. The molecular weight excluding hydrogens is 352 g/mol. The van der Waals surface area contributed by atoms with E-state index in [1.165, 1.54) is 33.0 Å². The number of fused-ring (bicyclic) bond motifs is 1. The van der Waals surface area contributed by atoms with Gasteiger partial charge in [0.15, 0.2) is 0 Å². The maximum absolute atomic E-state index is 11.5. The molecule has 24 heavy (non-hydrogen) atoms. The second-order valence-corrected chi connectivity index (χ2v) is 9.12. The summed E-state index contributed by atoms with van der Waals surface area (Å²) in [5, 5.41) is 5.12. The summed E-state index contributed by atoms with van der Waals surface area (Å²) in [6.07, 6.45) is 5.56. The molecule has 1 aliphatic rings. The molecule has 0 saturated carbocycles. The first kappa shape index (κ1) is 17.7. The van der Waals surface area contributed by atoms with Gasteiger partial charge in [0, 0.05) is 5.75 Å². The van der Waals surface area contributed by atoms with Crippen molar-refractivity contribution in [1.82, 2.24) is 0 Å². The number of hydrogen-bond acceptors (Lipinski definition) is 4. The highest BCUT2D eigenvalue weighted by atomic mass is 32.2. The van der Waals surface area contributed by atoms with Gasteiger partial charge in [0.2, 0.25) is 5.12 Å². The average molecular weight is 373 g/mol. The lowest BCUT2D eigenvalue weighted by Crippen LogP contribution is -1.90. The van der Waals surface area contributed by atoms with Gasteiger partial charge < -0.3 is 0 Å². The van der Waals surface area contributed by atoms with Crippen LogP contribution in [0.4, 0.5) is 0 Å². The Morgan fingerprint density at radius 3 is 2.92 bits per heavy atom. The van der Waals surface area contributed by atoms with Crippen LogP contribution in [0.2, 0.25) is 0 Å². The first-order valence-corrected chi connectivity index (χ1v) is 10.9. The molecule has 0 aromatic heterocycles. The molecule has 0 bridgehead atoms. The number of carbonyl (C=O) groups is 1. The lowest BCUT2D eigenvalue weighted by molar-refractivity contribution is -0.107. The van der Waals surface area contributed by atoms with Crippen molar-refractivity contribution < 1.29 is 4.79 Å². The molecule has 0 saturated heterocycles. The molecule has 3 rings (SSSR count). The average Bonchev–Trinajstić information content (AvgIpc) is 3.07. The molecule has 2 aromatic carbocycles. The molecule has 4 heteroatoms. The van der Waals surface area contributed by atoms with E-state index in [0.29, 0.717) is 4.58 Å². The summed E-state index contributed by atoms with van der Waals surface area (Å²) in [6, 6.07) is 15.2. The predicted molar refractivity (Wildman–Crippen MR) is 111 cm³/mol. The number of rotatable bonds is 6. The van der Waals surface area contributed by atoms with Crippen LogP contribution in [-0.2, 0) is 4.79 Å². The van der Waals surface area contributed by atoms with Crippen LogP contribution < -0.4 is 0 Å². The monoisotopic (exact) mass is 372 g/mol. The SMILES string of the molecule is CC=CC(=O)SCCCC1=CSC(c2cccc3ccccc23)S1. The fourth-order valence-corrected chi connectivity index (χ4v) is 6.13. The van der Waals surface area contributed by atoms with Crippen molar-refractivity contribution in [3.63, 3.8) is 0 Å². The van der Waals surface area contributed by atoms with Gasteiger partial charge in [0.1, 0.15) is 0 Å². The Morgan fingerprint density at radius 2 is 2.04 bits per heavy atom. The topological polar surface area (TPSA) is 17.1 Å². The Hall–Kier alpha value is -1.10. The maximum atomic E-state index is 11.5. The van der Waals surface area contributed by atoms with Crippen molar-refractivity contribution >= 4 is 51.2 Å². The molecule has 0 fully saturated rings. The van der Waals surface area contributed by atoms with Crippen LogP contribution in [0, 0.1) is 0 Å². The molecule has 0 N–H and O–H groups in total. The Morgan fingerprint density at radius 1 is 1.21 bits per heavy atom. The van der Waals surface area contributed by atoms with Gasteiger partial charge in [-0.1, -0.05) is 60.3 Å². The third-order valence-corrected chi connectivity index (χ3v) is 7.47. The van der Waals surface area contributed by atoms with Crippen molar-refractivity contribution in [2.75, 3.05) is 5.75 Å². The molecule has 1 nitrogen and oxygen atoms in total.